The van der Waals surface area contributed by atoms with Crippen molar-refractivity contribution in [3.05, 3.63) is 54.6 Å². The minimum Gasteiger partial charge on any atom is -0.494 e. The van der Waals surface area contributed by atoms with Gasteiger partial charge in [0, 0.05) is 5.69 Å². The Bertz CT molecular complexity index is 854. The second kappa shape index (κ2) is 7.50. The molecule has 1 aliphatic rings. The maximum atomic E-state index is 13.2. The number of sulfone groups is 1. The molecule has 5 nitrogen and oxygen atoms in total. The molecule has 6 heteroatoms. The van der Waals surface area contributed by atoms with Gasteiger partial charge in [-0.2, -0.15) is 0 Å². The number of anilines is 1. The van der Waals surface area contributed by atoms with E-state index in [4.69, 9.17) is 4.74 Å². The van der Waals surface area contributed by atoms with Crippen molar-refractivity contribution in [1.82, 2.24) is 0 Å². The summed E-state index contributed by atoms with van der Waals surface area (Å²) >= 11 is 0. The smallest absolute Gasteiger partial charge is 0.246 e. The van der Waals surface area contributed by atoms with Crippen LogP contribution in [0.2, 0.25) is 0 Å². The van der Waals surface area contributed by atoms with Crippen LogP contribution in [-0.2, 0) is 14.6 Å². The molecule has 0 atom stereocenters. The average molecular weight is 373 g/mol. The van der Waals surface area contributed by atoms with Gasteiger partial charge in [0.15, 0.2) is 14.6 Å². The number of carbonyl (C=O) groups excluding carboxylic acids is 1. The van der Waals surface area contributed by atoms with Crippen molar-refractivity contribution in [2.24, 2.45) is 0 Å². The van der Waals surface area contributed by atoms with Crippen LogP contribution in [0, 0.1) is 0 Å². The molecule has 0 bridgehead atoms. The van der Waals surface area contributed by atoms with Gasteiger partial charge < -0.3 is 10.1 Å². The maximum absolute atomic E-state index is 13.2. The van der Waals surface area contributed by atoms with Crippen molar-refractivity contribution in [2.45, 2.75) is 42.2 Å². The summed E-state index contributed by atoms with van der Waals surface area (Å²) in [5.41, 5.74) is 0.563. The highest BCUT2D eigenvalue weighted by molar-refractivity contribution is 7.93. The molecular formula is C20H23NO4S. The van der Waals surface area contributed by atoms with Crippen LogP contribution in [0.5, 0.6) is 5.75 Å². The van der Waals surface area contributed by atoms with Crippen LogP contribution in [0.1, 0.15) is 32.6 Å². The third kappa shape index (κ3) is 3.33. The molecule has 0 aromatic heterocycles. The largest absolute Gasteiger partial charge is 0.494 e. The number of hydrogen-bond donors (Lipinski definition) is 1. The predicted molar refractivity (Wildman–Crippen MR) is 101 cm³/mol. The number of carbonyl (C=O) groups is 1. The Balaban J connectivity index is 1.88. The van der Waals surface area contributed by atoms with E-state index in [0.29, 0.717) is 30.9 Å². The van der Waals surface area contributed by atoms with Crippen molar-refractivity contribution < 1.29 is 17.9 Å². The molecule has 1 saturated carbocycles. The average Bonchev–Trinajstić information content (AvgIpc) is 3.16. The number of nitrogens with one attached hydrogen (secondary N) is 1. The summed E-state index contributed by atoms with van der Waals surface area (Å²) < 4.78 is 30.5. The molecule has 0 spiro atoms. The molecule has 1 fully saturated rings. The first kappa shape index (κ1) is 18.5. The molecule has 0 unspecified atom stereocenters. The minimum absolute atomic E-state index is 0.198. The molecule has 1 amide bonds. The molecule has 1 N–H and O–H groups in total. The highest BCUT2D eigenvalue weighted by Gasteiger charge is 2.52. The lowest BCUT2D eigenvalue weighted by Crippen LogP contribution is -2.47. The Hall–Kier alpha value is -2.34. The molecule has 0 aliphatic heterocycles. The topological polar surface area (TPSA) is 72.5 Å². The van der Waals surface area contributed by atoms with E-state index in [2.05, 4.69) is 5.32 Å². The zero-order valence-electron chi connectivity index (χ0n) is 14.8. The first-order valence-electron chi connectivity index (χ1n) is 8.83. The van der Waals surface area contributed by atoms with Crippen LogP contribution in [0.4, 0.5) is 5.69 Å². The van der Waals surface area contributed by atoms with E-state index in [1.54, 1.807) is 54.6 Å². The van der Waals surface area contributed by atoms with Crippen molar-refractivity contribution in [2.75, 3.05) is 11.9 Å². The SMILES string of the molecule is CCOc1ccc(NC(=O)C2(S(=O)(=O)c3ccccc3)CCCC2)cc1. The highest BCUT2D eigenvalue weighted by atomic mass is 32.2. The molecular weight excluding hydrogens is 350 g/mol. The Morgan fingerprint density at radius 2 is 1.65 bits per heavy atom. The zero-order valence-corrected chi connectivity index (χ0v) is 15.6. The van der Waals surface area contributed by atoms with Gasteiger partial charge in [-0.05, 0) is 56.2 Å². The van der Waals surface area contributed by atoms with Gasteiger partial charge in [0.1, 0.15) is 5.75 Å². The number of hydrogen-bond acceptors (Lipinski definition) is 4. The molecule has 2 aromatic carbocycles. The maximum Gasteiger partial charge on any atom is 0.246 e. The third-order valence-electron chi connectivity index (χ3n) is 4.82. The monoisotopic (exact) mass is 373 g/mol. The van der Waals surface area contributed by atoms with Crippen LogP contribution < -0.4 is 10.1 Å². The molecule has 0 heterocycles. The van der Waals surface area contributed by atoms with E-state index in [9.17, 15) is 13.2 Å². The number of amides is 1. The normalized spacial score (nSPS) is 16.2. The van der Waals surface area contributed by atoms with Crippen molar-refractivity contribution in [3.63, 3.8) is 0 Å². The van der Waals surface area contributed by atoms with Gasteiger partial charge in [-0.15, -0.1) is 0 Å². The third-order valence-corrected chi connectivity index (χ3v) is 7.33. The van der Waals surface area contributed by atoms with Crippen molar-refractivity contribution in [3.8, 4) is 5.75 Å². The van der Waals surface area contributed by atoms with Gasteiger partial charge in [-0.1, -0.05) is 31.0 Å². The quantitative estimate of drug-likeness (QED) is 0.836. The second-order valence-corrected chi connectivity index (χ2v) is 8.69. The van der Waals surface area contributed by atoms with Crippen LogP contribution in [0.15, 0.2) is 59.5 Å². The fourth-order valence-corrected chi connectivity index (χ4v) is 5.52. The first-order valence-corrected chi connectivity index (χ1v) is 10.3. The molecule has 0 saturated heterocycles. The van der Waals surface area contributed by atoms with Crippen molar-refractivity contribution in [1.29, 1.82) is 0 Å². The zero-order chi connectivity index (χ0) is 18.6. The predicted octanol–water partition coefficient (Wildman–Crippen LogP) is 3.81. The minimum atomic E-state index is -3.77. The molecule has 3 rings (SSSR count). The van der Waals surface area contributed by atoms with Crippen molar-refractivity contribution >= 4 is 21.4 Å². The van der Waals surface area contributed by atoms with Crippen LogP contribution >= 0.6 is 0 Å². The molecule has 26 heavy (non-hydrogen) atoms. The first-order chi connectivity index (χ1) is 12.5. The Morgan fingerprint density at radius 1 is 1.04 bits per heavy atom. The lowest BCUT2D eigenvalue weighted by atomic mass is 10.1. The van der Waals surface area contributed by atoms with Gasteiger partial charge >= 0.3 is 0 Å². The van der Waals surface area contributed by atoms with Crippen LogP contribution in [-0.4, -0.2) is 25.7 Å². The Kier molecular flexibility index (Phi) is 5.32. The van der Waals surface area contributed by atoms with Crippen LogP contribution in [0.3, 0.4) is 0 Å². The summed E-state index contributed by atoms with van der Waals surface area (Å²) in [6.07, 6.45) is 2.13. The summed E-state index contributed by atoms with van der Waals surface area (Å²) in [4.78, 5) is 13.2. The van der Waals surface area contributed by atoms with Gasteiger partial charge in [-0.3, -0.25) is 4.79 Å². The van der Waals surface area contributed by atoms with Gasteiger partial charge in [0.25, 0.3) is 0 Å². The lowest BCUT2D eigenvalue weighted by Gasteiger charge is -2.27. The van der Waals surface area contributed by atoms with E-state index in [0.717, 1.165) is 12.8 Å². The van der Waals surface area contributed by atoms with Gasteiger partial charge in [0.05, 0.1) is 11.5 Å². The van der Waals surface area contributed by atoms with E-state index >= 15 is 0 Å². The Morgan fingerprint density at radius 3 is 2.23 bits per heavy atom. The highest BCUT2D eigenvalue weighted by Crippen LogP contribution is 2.41. The number of benzene rings is 2. The fraction of sp³-hybridized carbons (Fsp3) is 0.350. The number of ether oxygens (including phenoxy) is 1. The summed E-state index contributed by atoms with van der Waals surface area (Å²) in [6, 6.07) is 15.2. The summed E-state index contributed by atoms with van der Waals surface area (Å²) in [7, 11) is -3.77. The molecule has 0 radical (unpaired) electrons. The summed E-state index contributed by atoms with van der Waals surface area (Å²) in [5, 5.41) is 2.80. The van der Waals surface area contributed by atoms with E-state index in [-0.39, 0.29) is 4.90 Å². The van der Waals surface area contributed by atoms with Gasteiger partial charge in [0.2, 0.25) is 5.91 Å². The second-order valence-electron chi connectivity index (χ2n) is 6.43. The van der Waals surface area contributed by atoms with Gasteiger partial charge in [-0.25, -0.2) is 8.42 Å². The lowest BCUT2D eigenvalue weighted by molar-refractivity contribution is -0.118. The molecule has 2 aromatic rings. The van der Waals surface area contributed by atoms with E-state index in [1.165, 1.54) is 0 Å². The summed E-state index contributed by atoms with van der Waals surface area (Å²) in [6.45, 7) is 2.46. The molecule has 138 valence electrons. The standard InChI is InChI=1S/C20H23NO4S/c1-2-25-17-12-10-16(11-13-17)21-19(22)20(14-6-7-15-20)26(23,24)18-8-4-3-5-9-18/h3-5,8-13H,2,6-7,14-15H2,1H3,(H,21,22). The summed E-state index contributed by atoms with van der Waals surface area (Å²) in [5.74, 6) is 0.251. The fourth-order valence-electron chi connectivity index (χ4n) is 3.44. The van der Waals surface area contributed by atoms with E-state index in [1.807, 2.05) is 6.92 Å². The number of rotatable bonds is 6. The van der Waals surface area contributed by atoms with Crippen LogP contribution in [0.25, 0.3) is 0 Å². The van der Waals surface area contributed by atoms with E-state index < -0.39 is 20.5 Å². The molecule has 1 aliphatic carbocycles. The Labute approximate surface area is 154 Å².